The zero-order valence-corrected chi connectivity index (χ0v) is 14.1. The van der Waals surface area contributed by atoms with Crippen LogP contribution in [0.4, 0.5) is 10.5 Å². The van der Waals surface area contributed by atoms with Crippen molar-refractivity contribution in [1.82, 2.24) is 4.90 Å². The lowest BCUT2D eigenvalue weighted by Crippen LogP contribution is -2.33. The summed E-state index contributed by atoms with van der Waals surface area (Å²) >= 11 is 0. The summed E-state index contributed by atoms with van der Waals surface area (Å²) in [5.74, 6) is 0.426. The molecule has 0 aliphatic carbocycles. The van der Waals surface area contributed by atoms with Gasteiger partial charge in [-0.05, 0) is 25.0 Å². The molecule has 4 heteroatoms. The number of ether oxygens (including phenoxy) is 1. The van der Waals surface area contributed by atoms with Crippen LogP contribution in [-0.2, 0) is 11.3 Å². The Morgan fingerprint density at radius 1 is 1.17 bits per heavy atom. The Kier molecular flexibility index (Phi) is 5.49. The fourth-order valence-corrected chi connectivity index (χ4v) is 3.12. The molecule has 2 aromatic carbocycles. The van der Waals surface area contributed by atoms with Gasteiger partial charge in [0.2, 0.25) is 0 Å². The maximum Gasteiger partial charge on any atom is 0.321 e. The zero-order valence-electron chi connectivity index (χ0n) is 14.1. The van der Waals surface area contributed by atoms with E-state index in [4.69, 9.17) is 4.74 Å². The van der Waals surface area contributed by atoms with Gasteiger partial charge in [-0.15, -0.1) is 0 Å². The van der Waals surface area contributed by atoms with E-state index in [9.17, 15) is 4.79 Å². The van der Waals surface area contributed by atoms with Crippen molar-refractivity contribution in [3.8, 4) is 0 Å². The average Bonchev–Trinajstić information content (AvgIpc) is 3.12. The van der Waals surface area contributed by atoms with Crippen LogP contribution in [0.5, 0.6) is 0 Å². The highest BCUT2D eigenvalue weighted by Crippen LogP contribution is 2.27. The molecular formula is C20H24N2O2. The number of carbonyl (C=O) groups excluding carboxylic acids is 1. The Morgan fingerprint density at radius 2 is 1.92 bits per heavy atom. The van der Waals surface area contributed by atoms with E-state index in [1.54, 1.807) is 0 Å². The van der Waals surface area contributed by atoms with Crippen LogP contribution in [-0.4, -0.2) is 30.6 Å². The molecule has 1 N–H and O–H groups in total. The Morgan fingerprint density at radius 3 is 2.71 bits per heavy atom. The minimum absolute atomic E-state index is 0.0302. The van der Waals surface area contributed by atoms with E-state index >= 15 is 0 Å². The van der Waals surface area contributed by atoms with Crippen molar-refractivity contribution in [3.63, 3.8) is 0 Å². The fourth-order valence-electron chi connectivity index (χ4n) is 3.12. The van der Waals surface area contributed by atoms with Crippen molar-refractivity contribution in [2.75, 3.05) is 25.0 Å². The van der Waals surface area contributed by atoms with Crippen LogP contribution < -0.4 is 5.32 Å². The molecule has 0 aromatic heterocycles. The van der Waals surface area contributed by atoms with Gasteiger partial charge in [-0.1, -0.05) is 48.5 Å². The highest BCUT2D eigenvalue weighted by molar-refractivity contribution is 5.90. The number of benzene rings is 2. The highest BCUT2D eigenvalue weighted by atomic mass is 16.5. The van der Waals surface area contributed by atoms with Crippen LogP contribution in [0.2, 0.25) is 0 Å². The summed E-state index contributed by atoms with van der Waals surface area (Å²) in [7, 11) is 0. The Hall–Kier alpha value is -2.33. The van der Waals surface area contributed by atoms with Crippen molar-refractivity contribution < 1.29 is 9.53 Å². The van der Waals surface area contributed by atoms with Crippen LogP contribution in [0, 0.1) is 0 Å². The lowest BCUT2D eigenvalue weighted by Gasteiger charge is -2.19. The van der Waals surface area contributed by atoms with Crippen LogP contribution >= 0.6 is 0 Å². The van der Waals surface area contributed by atoms with E-state index in [1.165, 1.54) is 5.56 Å². The van der Waals surface area contributed by atoms with Crippen LogP contribution in [0.1, 0.15) is 30.4 Å². The summed E-state index contributed by atoms with van der Waals surface area (Å²) < 4.78 is 5.48. The number of hydrogen-bond donors (Lipinski definition) is 1. The Labute approximate surface area is 143 Å². The van der Waals surface area contributed by atoms with Gasteiger partial charge in [-0.25, -0.2) is 4.79 Å². The van der Waals surface area contributed by atoms with Gasteiger partial charge >= 0.3 is 6.03 Å². The molecule has 1 aliphatic heterocycles. The zero-order chi connectivity index (χ0) is 16.8. The van der Waals surface area contributed by atoms with Crippen LogP contribution in [0.15, 0.2) is 54.6 Å². The Bertz CT molecular complexity index is 672. The van der Waals surface area contributed by atoms with E-state index in [2.05, 4.69) is 29.6 Å². The average molecular weight is 324 g/mol. The first-order valence-corrected chi connectivity index (χ1v) is 8.54. The van der Waals surface area contributed by atoms with Gasteiger partial charge < -0.3 is 15.0 Å². The summed E-state index contributed by atoms with van der Waals surface area (Å²) in [6.45, 7) is 4.70. The second-order valence-electron chi connectivity index (χ2n) is 6.07. The van der Waals surface area contributed by atoms with Gasteiger partial charge in [0.15, 0.2) is 0 Å². The van der Waals surface area contributed by atoms with Crippen molar-refractivity contribution in [3.05, 3.63) is 65.7 Å². The number of rotatable bonds is 5. The van der Waals surface area contributed by atoms with Gasteiger partial charge in [0, 0.05) is 36.9 Å². The number of nitrogens with one attached hydrogen (secondary N) is 1. The number of hydrogen-bond acceptors (Lipinski definition) is 2. The minimum Gasteiger partial charge on any atom is -0.377 e. The predicted molar refractivity (Wildman–Crippen MR) is 96.2 cm³/mol. The third-order valence-corrected chi connectivity index (χ3v) is 4.47. The lowest BCUT2D eigenvalue weighted by atomic mass is 9.99. The van der Waals surface area contributed by atoms with Gasteiger partial charge in [-0.2, -0.15) is 0 Å². The molecule has 0 saturated carbocycles. The second kappa shape index (κ2) is 7.97. The quantitative estimate of drug-likeness (QED) is 0.893. The maximum absolute atomic E-state index is 12.6. The molecule has 2 amide bonds. The molecule has 0 spiro atoms. The first-order valence-electron chi connectivity index (χ1n) is 8.54. The van der Waals surface area contributed by atoms with Crippen molar-refractivity contribution in [1.29, 1.82) is 0 Å². The van der Waals surface area contributed by atoms with Gasteiger partial charge in [0.1, 0.15) is 0 Å². The van der Waals surface area contributed by atoms with Crippen molar-refractivity contribution >= 4 is 11.7 Å². The normalized spacial score (nSPS) is 17.0. The monoisotopic (exact) mass is 324 g/mol. The third-order valence-electron chi connectivity index (χ3n) is 4.47. The number of likely N-dealkylation sites (tertiary alicyclic amines) is 1. The lowest BCUT2D eigenvalue weighted by molar-refractivity contribution is 0.134. The fraction of sp³-hybridized carbons (Fsp3) is 0.350. The molecule has 1 unspecified atom stereocenters. The first-order chi connectivity index (χ1) is 11.8. The molecule has 0 radical (unpaired) electrons. The Balaban J connectivity index is 1.62. The topological polar surface area (TPSA) is 41.6 Å². The van der Waals surface area contributed by atoms with Crippen LogP contribution in [0.3, 0.4) is 0 Å². The summed E-state index contributed by atoms with van der Waals surface area (Å²) in [5.41, 5.74) is 3.15. The predicted octanol–water partition coefficient (Wildman–Crippen LogP) is 4.24. The molecule has 126 valence electrons. The SMILES string of the molecule is CCOCc1ccccc1NC(=O)N1CCC(c2ccccc2)C1. The molecule has 1 heterocycles. The molecule has 0 bridgehead atoms. The largest absolute Gasteiger partial charge is 0.377 e. The minimum atomic E-state index is -0.0302. The third kappa shape index (κ3) is 3.95. The van der Waals surface area contributed by atoms with E-state index in [0.717, 1.165) is 30.8 Å². The molecule has 1 fully saturated rings. The number of nitrogens with zero attached hydrogens (tertiary/aromatic N) is 1. The van der Waals surface area contributed by atoms with Crippen molar-refractivity contribution in [2.24, 2.45) is 0 Å². The number of urea groups is 1. The number of carbonyl (C=O) groups is 1. The van der Waals surface area contributed by atoms with Crippen molar-refractivity contribution in [2.45, 2.75) is 25.9 Å². The number of amides is 2. The van der Waals surface area contributed by atoms with E-state index < -0.39 is 0 Å². The molecule has 4 nitrogen and oxygen atoms in total. The molecule has 24 heavy (non-hydrogen) atoms. The summed E-state index contributed by atoms with van der Waals surface area (Å²) in [5, 5.41) is 3.04. The van der Waals surface area contributed by atoms with Crippen LogP contribution in [0.25, 0.3) is 0 Å². The smallest absolute Gasteiger partial charge is 0.321 e. The van der Waals surface area contributed by atoms with E-state index in [1.807, 2.05) is 42.2 Å². The molecule has 2 aromatic rings. The summed E-state index contributed by atoms with van der Waals surface area (Å²) in [4.78, 5) is 14.5. The highest BCUT2D eigenvalue weighted by Gasteiger charge is 2.27. The first kappa shape index (κ1) is 16.5. The van der Waals surface area contributed by atoms with E-state index in [0.29, 0.717) is 19.1 Å². The maximum atomic E-state index is 12.6. The second-order valence-corrected chi connectivity index (χ2v) is 6.07. The molecule has 1 saturated heterocycles. The molecule has 3 rings (SSSR count). The standard InChI is InChI=1S/C20H24N2O2/c1-2-24-15-18-10-6-7-11-19(18)21-20(23)22-13-12-17(14-22)16-8-4-3-5-9-16/h3-11,17H,2,12-15H2,1H3,(H,21,23). The number of anilines is 1. The molecule has 1 aliphatic rings. The van der Waals surface area contributed by atoms with Gasteiger partial charge in [0.05, 0.1) is 6.61 Å². The van der Waals surface area contributed by atoms with Gasteiger partial charge in [0.25, 0.3) is 0 Å². The van der Waals surface area contributed by atoms with Gasteiger partial charge in [-0.3, -0.25) is 0 Å². The molecule has 1 atom stereocenters. The summed E-state index contributed by atoms with van der Waals surface area (Å²) in [6.07, 6.45) is 1.01. The molecular weight excluding hydrogens is 300 g/mol. The van der Waals surface area contributed by atoms with E-state index in [-0.39, 0.29) is 6.03 Å². The number of para-hydroxylation sites is 1. The summed E-state index contributed by atoms with van der Waals surface area (Å²) in [6, 6.07) is 18.2.